The van der Waals surface area contributed by atoms with E-state index >= 15 is 19.2 Å². The molecule has 0 aromatic heterocycles. The van der Waals surface area contributed by atoms with Crippen molar-refractivity contribution >= 4 is 76.3 Å². The second-order valence-corrected chi connectivity index (χ2v) is 26.1. The number of phenolic OH excluding ortho intramolecular Hbond substituents is 2. The van der Waals surface area contributed by atoms with Crippen molar-refractivity contribution in [2.45, 2.75) is 150 Å². The minimum absolute atomic E-state index is 0.0894. The van der Waals surface area contributed by atoms with Gasteiger partial charge in [0.05, 0.1) is 34.7 Å². The van der Waals surface area contributed by atoms with Gasteiger partial charge in [-0.1, -0.05) is 67.4 Å². The van der Waals surface area contributed by atoms with Gasteiger partial charge in [-0.3, -0.25) is 38.4 Å². The third kappa shape index (κ3) is 15.4. The number of likely N-dealkylation sites (N-methyl/N-ethyl adjacent to an activating group) is 1. The van der Waals surface area contributed by atoms with Gasteiger partial charge in [0.25, 0.3) is 0 Å². The van der Waals surface area contributed by atoms with Crippen LogP contribution in [-0.4, -0.2) is 180 Å². The largest absolute Gasteiger partial charge is 0.507 e. The highest BCUT2D eigenvalue weighted by atomic mass is 35.5. The lowest BCUT2D eigenvalue weighted by Crippen LogP contribution is -2.60. The molecule has 11 bridgehead atoms. The summed E-state index contributed by atoms with van der Waals surface area (Å²) in [7, 11) is 1.48. The van der Waals surface area contributed by atoms with Crippen LogP contribution in [0.5, 0.6) is 40.2 Å². The number of halogens is 2. The van der Waals surface area contributed by atoms with Gasteiger partial charge in [-0.2, -0.15) is 0 Å². The molecule has 12 rings (SSSR count). The molecule has 0 unspecified atom stereocenters. The maximum absolute atomic E-state index is 16.1. The molecule has 5 aromatic carbocycles. The third-order valence-corrected chi connectivity index (χ3v) is 18.1. The second-order valence-electron chi connectivity index (χ2n) is 25.3. The number of Topliss-reactive ketones (excluding diaryl/α,β-unsaturated/α-hetero) is 1. The molecule has 0 aliphatic carbocycles. The topological polar surface area (TPSA) is 507 Å². The van der Waals surface area contributed by atoms with Crippen LogP contribution in [0.15, 0.2) is 84.9 Å². The van der Waals surface area contributed by atoms with Gasteiger partial charge in [-0.25, -0.2) is 4.79 Å². The number of carboxylic acids is 1. The number of carbonyl (C=O) groups is 9. The summed E-state index contributed by atoms with van der Waals surface area (Å²) in [5.41, 5.74) is 8.45. The zero-order chi connectivity index (χ0) is 72.7. The van der Waals surface area contributed by atoms with Crippen molar-refractivity contribution in [3.63, 3.8) is 0 Å². The number of aliphatic hydroxyl groups excluding tert-OH is 5. The first-order valence-electron chi connectivity index (χ1n) is 31.3. The Bertz CT molecular complexity index is 4070. The predicted molar refractivity (Wildman–Crippen MR) is 347 cm³/mol. The number of carboxylic acid groups (broad SMARTS) is 1. The fraction of sp³-hybridized carbons (Fsp3) is 0.409. The fourth-order valence-electron chi connectivity index (χ4n) is 12.3. The van der Waals surface area contributed by atoms with Crippen LogP contribution < -0.4 is 62.9 Å². The minimum Gasteiger partial charge on any atom is -0.507 e. The molecule has 0 spiro atoms. The molecule has 19 N–H and O–H groups in total. The summed E-state index contributed by atoms with van der Waals surface area (Å²) in [6.07, 6.45) is -17.9. The van der Waals surface area contributed by atoms with Gasteiger partial charge in [-0.05, 0) is 116 Å². The number of primary amides is 1. The van der Waals surface area contributed by atoms with Gasteiger partial charge < -0.3 is 118 Å². The molecule has 0 saturated carbocycles. The van der Waals surface area contributed by atoms with Crippen molar-refractivity contribution in [2.24, 2.45) is 17.4 Å². The Labute approximate surface area is 578 Å². The quantitative estimate of drug-likeness (QED) is 0.0768. The van der Waals surface area contributed by atoms with Crippen molar-refractivity contribution in [3.05, 3.63) is 123 Å². The Balaban J connectivity index is 1.25. The third-order valence-electron chi connectivity index (χ3n) is 17.5. The number of aliphatic carboxylic acids is 1. The molecular formula is C66H73Cl2N9O23. The Morgan fingerprint density at radius 3 is 1.95 bits per heavy atom. The molecule has 0 radical (unpaired) electrons. The number of rotatable bonds is 13. The van der Waals surface area contributed by atoms with E-state index in [0.717, 1.165) is 42.5 Å². The van der Waals surface area contributed by atoms with E-state index < -0.39 is 221 Å². The average molecular weight is 1430 g/mol. The standard InChI is InChI=1S/C66H73Cl2N9O23/c1-24(2)15-34(71-5)58(87)76-49-51(82)27-10-13-38(32(67)17-27)96-40-19-29-20-41(56(40)100-65-54(85)53(84)52(83)42(23-78)98-65)97-39-14-11-28(18-33(39)68)55(99-44-22-66(4,70)57(86)25(3)95-44)50-63(92)75-48(64(93)94)30-7-6-8-37(80)45(30)31-16-26(9-12-36(31)79)46(60(89)77-50)74-61(90)47(29)73-59(88)35(21-43(69)81)72-62(49)91/h6-14,16-20,24-25,34-35,42,44,46-55,65,71,78-80,82-85H,15,21-23,70H2,1-5H3,(H2,69,81)(H,72,91)(H,73,88)(H,74,90)(H,75,92)(H,76,87)(H,77,89)(H,93,94)/t25-,34+,35-,42+,44+,46+,47+,48-,49+,50-,51+,52+,53-,54+,55+,65-,66-/m0/s1. The van der Waals surface area contributed by atoms with Gasteiger partial charge in [0, 0.05) is 17.5 Å². The Kier molecular flexibility index (Phi) is 21.9. The number of benzene rings is 5. The molecule has 7 aliphatic heterocycles. The first-order valence-corrected chi connectivity index (χ1v) is 32.1. The zero-order valence-corrected chi connectivity index (χ0v) is 55.4. The number of ether oxygens (including phenoxy) is 6. The van der Waals surface area contributed by atoms with Crippen molar-refractivity contribution in [1.29, 1.82) is 0 Å². The van der Waals surface area contributed by atoms with Crippen LogP contribution in [-0.2, 0) is 57.4 Å². The molecule has 2 fully saturated rings. The Hall–Kier alpha value is -9.29. The summed E-state index contributed by atoms with van der Waals surface area (Å²) in [4.78, 5) is 132. The molecule has 534 valence electrons. The highest BCUT2D eigenvalue weighted by Gasteiger charge is 2.49. The fourth-order valence-corrected chi connectivity index (χ4v) is 12.8. The number of aromatic hydroxyl groups is 2. The molecule has 7 amide bonds. The highest BCUT2D eigenvalue weighted by molar-refractivity contribution is 6.32. The van der Waals surface area contributed by atoms with Crippen LogP contribution in [0.25, 0.3) is 11.1 Å². The molecule has 2 saturated heterocycles. The summed E-state index contributed by atoms with van der Waals surface area (Å²) < 4.78 is 37.9. The van der Waals surface area contributed by atoms with E-state index in [4.69, 9.17) is 63.1 Å². The predicted octanol–water partition coefficient (Wildman–Crippen LogP) is 0.609. The minimum atomic E-state index is -2.32. The van der Waals surface area contributed by atoms with Crippen molar-refractivity contribution in [2.75, 3.05) is 13.7 Å². The number of hydrogen-bond acceptors (Lipinski definition) is 24. The number of phenols is 2. The molecule has 7 aliphatic rings. The van der Waals surface area contributed by atoms with E-state index in [1.807, 2.05) is 13.8 Å². The molecular weight excluding hydrogens is 1360 g/mol. The second kappa shape index (κ2) is 29.9. The number of nitrogens with two attached hydrogens (primary N) is 2. The van der Waals surface area contributed by atoms with Gasteiger partial charge in [-0.15, -0.1) is 0 Å². The van der Waals surface area contributed by atoms with Crippen LogP contribution in [0, 0.1) is 5.92 Å². The monoisotopic (exact) mass is 1430 g/mol. The van der Waals surface area contributed by atoms with Crippen LogP contribution in [0.2, 0.25) is 10.0 Å². The van der Waals surface area contributed by atoms with Gasteiger partial charge in [0.1, 0.15) is 95.9 Å². The zero-order valence-electron chi connectivity index (χ0n) is 53.8. The van der Waals surface area contributed by atoms with Crippen LogP contribution in [0.3, 0.4) is 0 Å². The van der Waals surface area contributed by atoms with E-state index in [-0.39, 0.29) is 56.7 Å². The van der Waals surface area contributed by atoms with E-state index in [1.54, 1.807) is 0 Å². The Morgan fingerprint density at radius 2 is 1.34 bits per heavy atom. The van der Waals surface area contributed by atoms with Crippen LogP contribution >= 0.6 is 23.2 Å². The average Bonchev–Trinajstić information content (AvgIpc) is 0.771. The number of nitrogens with one attached hydrogen (secondary N) is 7. The van der Waals surface area contributed by atoms with Crippen molar-refractivity contribution in [3.8, 4) is 51.4 Å². The van der Waals surface area contributed by atoms with Gasteiger partial charge in [0.2, 0.25) is 53.4 Å². The maximum Gasteiger partial charge on any atom is 0.330 e. The number of amides is 7. The normalized spacial score (nSPS) is 28.9. The van der Waals surface area contributed by atoms with Gasteiger partial charge >= 0.3 is 5.97 Å². The summed E-state index contributed by atoms with van der Waals surface area (Å²) in [5.74, 6) is -15.2. The number of carbonyl (C=O) groups excluding carboxylic acids is 8. The Morgan fingerprint density at radius 1 is 0.720 bits per heavy atom. The molecule has 34 heteroatoms. The SMILES string of the molecule is CN[C@H](CC(C)C)C(=O)N[C@H]1C(=O)N[C@@H](CC(N)=O)C(=O)N[C@H]2C(=O)N[C@H]3C(=O)N[C@H](C(=O)N[C@H](C(=O)O)c4cccc(O)c4-c4cc3ccc4O)[C@H](O[C@@H]3C[C@](C)(N)C(=O)[C@H](C)O3)c3ccc(c(Cl)c3)Oc3cc2cc(c3O[C@@H]2O[C@H](CO)[C@@H](O)[C@H](O)[C@H]2O)Oc2ccc(cc2Cl)[C@H]1O. The molecule has 32 nitrogen and oxygen atoms in total. The van der Waals surface area contributed by atoms with E-state index in [0.29, 0.717) is 0 Å². The van der Waals surface area contributed by atoms with E-state index in [9.17, 15) is 64.8 Å². The highest BCUT2D eigenvalue weighted by Crippen LogP contribution is 2.49. The lowest BCUT2D eigenvalue weighted by Gasteiger charge is -2.40. The molecule has 7 heterocycles. The lowest BCUT2D eigenvalue weighted by atomic mass is 9.88. The van der Waals surface area contributed by atoms with Crippen molar-refractivity contribution < 1.29 is 112 Å². The smallest absolute Gasteiger partial charge is 0.330 e. The van der Waals surface area contributed by atoms with Crippen LogP contribution in [0.1, 0.15) is 105 Å². The molecule has 5 aromatic rings. The molecule has 100 heavy (non-hydrogen) atoms. The first kappa shape index (κ1) is 73.4. The maximum atomic E-state index is 16.1. The van der Waals surface area contributed by atoms with Crippen LogP contribution in [0.4, 0.5) is 0 Å². The lowest BCUT2D eigenvalue weighted by molar-refractivity contribution is -0.277. The van der Waals surface area contributed by atoms with Crippen molar-refractivity contribution in [1.82, 2.24) is 37.2 Å². The first-order chi connectivity index (χ1) is 47.3. The van der Waals surface area contributed by atoms with E-state index in [1.165, 1.54) is 63.4 Å². The number of fused-ring (bicyclic) bond motifs is 15. The van der Waals surface area contributed by atoms with E-state index in [2.05, 4.69) is 37.2 Å². The summed E-state index contributed by atoms with van der Waals surface area (Å²) >= 11 is 14.2. The summed E-state index contributed by atoms with van der Waals surface area (Å²) in [5, 5.41) is 107. The van der Waals surface area contributed by atoms with Gasteiger partial charge in [0.15, 0.2) is 29.6 Å². The molecule has 17 atom stereocenters. The number of hydrogen-bond donors (Lipinski definition) is 17. The summed E-state index contributed by atoms with van der Waals surface area (Å²) in [6, 6.07) is 2.09. The number of ketones is 1. The number of aliphatic hydroxyl groups is 5. The summed E-state index contributed by atoms with van der Waals surface area (Å²) in [6.45, 7) is 5.46.